The molecule has 0 spiro atoms. The molecule has 0 aliphatic heterocycles. The third-order valence-electron chi connectivity index (χ3n) is 3.42. The Morgan fingerprint density at radius 3 is 2.94 bits per heavy atom. The molecule has 1 fully saturated rings. The summed E-state index contributed by atoms with van der Waals surface area (Å²) in [5, 5.41) is 3.30. The Morgan fingerprint density at radius 1 is 1.56 bits per heavy atom. The van der Waals surface area contributed by atoms with E-state index >= 15 is 0 Å². The van der Waals surface area contributed by atoms with Crippen LogP contribution in [0.3, 0.4) is 0 Å². The van der Waals surface area contributed by atoms with E-state index in [9.17, 15) is 0 Å². The van der Waals surface area contributed by atoms with E-state index < -0.39 is 0 Å². The van der Waals surface area contributed by atoms with Crippen molar-refractivity contribution in [3.63, 3.8) is 0 Å². The van der Waals surface area contributed by atoms with E-state index in [0.29, 0.717) is 11.3 Å². The summed E-state index contributed by atoms with van der Waals surface area (Å²) in [5.41, 5.74) is 0.431. The molecule has 1 aromatic rings. The van der Waals surface area contributed by atoms with Crippen molar-refractivity contribution in [1.29, 1.82) is 0 Å². The lowest BCUT2D eigenvalue weighted by molar-refractivity contribution is 0.432. The first kappa shape index (κ1) is 11.6. The number of aryl methyl sites for hydroxylation is 1. The quantitative estimate of drug-likeness (QED) is 0.752. The van der Waals surface area contributed by atoms with Crippen LogP contribution in [0.5, 0.6) is 0 Å². The minimum atomic E-state index is 0.431. The van der Waals surface area contributed by atoms with Crippen LogP contribution in [-0.2, 0) is 6.42 Å². The maximum atomic E-state index is 5.78. The van der Waals surface area contributed by atoms with Gasteiger partial charge in [0.1, 0.15) is 5.76 Å². The molecule has 1 heterocycles. The summed E-state index contributed by atoms with van der Waals surface area (Å²) < 4.78 is 5.78. The van der Waals surface area contributed by atoms with Crippen LogP contribution in [0.2, 0.25) is 0 Å². The van der Waals surface area contributed by atoms with Crippen LogP contribution in [-0.4, -0.2) is 18.1 Å². The molecule has 0 radical (unpaired) electrons. The summed E-state index contributed by atoms with van der Waals surface area (Å²) >= 11 is 0. The van der Waals surface area contributed by atoms with Crippen LogP contribution < -0.4 is 5.32 Å². The molecule has 3 heteroatoms. The number of hydrogen-bond acceptors (Lipinski definition) is 3. The van der Waals surface area contributed by atoms with Gasteiger partial charge in [-0.25, -0.2) is 4.98 Å². The van der Waals surface area contributed by atoms with Gasteiger partial charge in [-0.2, -0.15) is 0 Å². The van der Waals surface area contributed by atoms with Gasteiger partial charge in [0.15, 0.2) is 5.89 Å². The Morgan fingerprint density at radius 2 is 2.31 bits per heavy atom. The Hall–Kier alpha value is -0.830. The fraction of sp³-hybridized carbons (Fsp3) is 0.769. The van der Waals surface area contributed by atoms with E-state index in [1.807, 2.05) is 6.20 Å². The van der Waals surface area contributed by atoms with Crippen LogP contribution in [0, 0.1) is 5.41 Å². The number of aromatic nitrogens is 1. The number of nitrogens with one attached hydrogen (secondary N) is 1. The van der Waals surface area contributed by atoms with Gasteiger partial charge in [0.25, 0.3) is 0 Å². The summed E-state index contributed by atoms with van der Waals surface area (Å²) in [7, 11) is 0. The summed E-state index contributed by atoms with van der Waals surface area (Å²) in [6, 6.07) is 0. The minimum absolute atomic E-state index is 0.431. The Labute approximate surface area is 97.6 Å². The van der Waals surface area contributed by atoms with Gasteiger partial charge in [-0.15, -0.1) is 0 Å². The van der Waals surface area contributed by atoms with E-state index in [1.54, 1.807) is 0 Å². The first-order chi connectivity index (χ1) is 7.63. The van der Waals surface area contributed by atoms with Crippen molar-refractivity contribution in [3.8, 4) is 0 Å². The molecular formula is C13H22N2O. The topological polar surface area (TPSA) is 38.1 Å². The molecule has 1 N–H and O–H groups in total. The SMILES string of the molecule is CCNCCCc1ncc(C2CC2(C)C)o1. The van der Waals surface area contributed by atoms with Crippen LogP contribution in [0.4, 0.5) is 0 Å². The second-order valence-corrected chi connectivity index (χ2v) is 5.36. The van der Waals surface area contributed by atoms with Crippen LogP contribution in [0.15, 0.2) is 10.6 Å². The molecular weight excluding hydrogens is 200 g/mol. The molecule has 0 bridgehead atoms. The van der Waals surface area contributed by atoms with E-state index in [4.69, 9.17) is 4.42 Å². The fourth-order valence-electron chi connectivity index (χ4n) is 2.10. The highest BCUT2D eigenvalue weighted by Gasteiger charge is 2.48. The molecule has 1 saturated carbocycles. The molecule has 90 valence electrons. The number of oxazole rings is 1. The lowest BCUT2D eigenvalue weighted by Gasteiger charge is -1.99. The van der Waals surface area contributed by atoms with Crippen molar-refractivity contribution in [2.75, 3.05) is 13.1 Å². The molecule has 0 aromatic carbocycles. The van der Waals surface area contributed by atoms with Crippen molar-refractivity contribution >= 4 is 0 Å². The predicted octanol–water partition coefficient (Wildman–Crippen LogP) is 2.73. The number of nitrogens with zero attached hydrogens (tertiary/aromatic N) is 1. The van der Waals surface area contributed by atoms with Crippen LogP contribution >= 0.6 is 0 Å². The van der Waals surface area contributed by atoms with Crippen molar-refractivity contribution in [1.82, 2.24) is 10.3 Å². The molecule has 16 heavy (non-hydrogen) atoms. The fourth-order valence-corrected chi connectivity index (χ4v) is 2.10. The first-order valence-electron chi connectivity index (χ1n) is 6.29. The Balaban J connectivity index is 1.79. The van der Waals surface area contributed by atoms with Gasteiger partial charge >= 0.3 is 0 Å². The standard InChI is InChI=1S/C13H22N2O/c1-4-14-7-5-6-12-15-9-11(16-12)10-8-13(10,2)3/h9-10,14H,4-8H2,1-3H3. The highest BCUT2D eigenvalue weighted by molar-refractivity contribution is 5.17. The molecule has 0 amide bonds. The highest BCUT2D eigenvalue weighted by Crippen LogP contribution is 2.58. The zero-order chi connectivity index (χ0) is 11.6. The summed E-state index contributed by atoms with van der Waals surface area (Å²) in [6.07, 6.45) is 5.20. The van der Waals surface area contributed by atoms with Gasteiger partial charge in [0.2, 0.25) is 0 Å². The Bertz CT molecular complexity index is 343. The third kappa shape index (κ3) is 2.64. The summed E-state index contributed by atoms with van der Waals surface area (Å²) in [6.45, 7) is 8.77. The highest BCUT2D eigenvalue weighted by atomic mass is 16.4. The molecule has 1 unspecified atom stereocenters. The zero-order valence-electron chi connectivity index (χ0n) is 10.5. The van der Waals surface area contributed by atoms with Crippen molar-refractivity contribution in [3.05, 3.63) is 17.8 Å². The maximum Gasteiger partial charge on any atom is 0.194 e. The average molecular weight is 222 g/mol. The summed E-state index contributed by atoms with van der Waals surface area (Å²) in [5.74, 6) is 2.58. The minimum Gasteiger partial charge on any atom is -0.445 e. The lowest BCUT2D eigenvalue weighted by Crippen LogP contribution is -2.14. The van der Waals surface area contributed by atoms with Crippen molar-refractivity contribution < 1.29 is 4.42 Å². The van der Waals surface area contributed by atoms with E-state index in [2.05, 4.69) is 31.1 Å². The molecule has 1 aromatic heterocycles. The monoisotopic (exact) mass is 222 g/mol. The third-order valence-corrected chi connectivity index (χ3v) is 3.42. The second-order valence-electron chi connectivity index (χ2n) is 5.36. The van der Waals surface area contributed by atoms with Gasteiger partial charge in [-0.05, 0) is 31.3 Å². The predicted molar refractivity (Wildman–Crippen MR) is 64.5 cm³/mol. The van der Waals surface area contributed by atoms with Gasteiger partial charge < -0.3 is 9.73 Å². The molecule has 1 aliphatic rings. The van der Waals surface area contributed by atoms with E-state index in [-0.39, 0.29) is 0 Å². The maximum absolute atomic E-state index is 5.78. The number of hydrogen-bond donors (Lipinski definition) is 1. The van der Waals surface area contributed by atoms with Gasteiger partial charge in [0, 0.05) is 12.3 Å². The molecule has 2 rings (SSSR count). The van der Waals surface area contributed by atoms with Gasteiger partial charge in [-0.3, -0.25) is 0 Å². The molecule has 1 atom stereocenters. The smallest absolute Gasteiger partial charge is 0.194 e. The van der Waals surface area contributed by atoms with E-state index in [1.165, 1.54) is 6.42 Å². The normalized spacial score (nSPS) is 22.3. The molecule has 0 saturated heterocycles. The number of rotatable bonds is 6. The van der Waals surface area contributed by atoms with Gasteiger partial charge in [-0.1, -0.05) is 20.8 Å². The zero-order valence-corrected chi connectivity index (χ0v) is 10.5. The van der Waals surface area contributed by atoms with Crippen molar-refractivity contribution in [2.45, 2.75) is 46.0 Å². The van der Waals surface area contributed by atoms with Crippen molar-refractivity contribution in [2.24, 2.45) is 5.41 Å². The molecule has 1 aliphatic carbocycles. The van der Waals surface area contributed by atoms with Crippen LogP contribution in [0.25, 0.3) is 0 Å². The largest absolute Gasteiger partial charge is 0.445 e. The second kappa shape index (κ2) is 4.58. The van der Waals surface area contributed by atoms with Crippen LogP contribution in [0.1, 0.15) is 51.2 Å². The van der Waals surface area contributed by atoms with Gasteiger partial charge in [0.05, 0.1) is 6.20 Å². The van der Waals surface area contributed by atoms with E-state index in [0.717, 1.165) is 37.6 Å². The lowest BCUT2D eigenvalue weighted by atomic mass is 10.1. The average Bonchev–Trinajstić information content (AvgIpc) is 2.70. The first-order valence-corrected chi connectivity index (χ1v) is 6.29. The Kier molecular flexibility index (Phi) is 3.33. The molecule has 3 nitrogen and oxygen atoms in total. The summed E-state index contributed by atoms with van der Waals surface area (Å²) in [4.78, 5) is 4.35.